The summed E-state index contributed by atoms with van der Waals surface area (Å²) in [4.78, 5) is 22.7. The van der Waals surface area contributed by atoms with Crippen LogP contribution in [-0.2, 0) is 9.59 Å². The van der Waals surface area contributed by atoms with Crippen LogP contribution in [0.15, 0.2) is 60.7 Å². The van der Waals surface area contributed by atoms with Gasteiger partial charge in [0.05, 0.1) is 0 Å². The van der Waals surface area contributed by atoms with Gasteiger partial charge in [0.1, 0.15) is 11.5 Å². The van der Waals surface area contributed by atoms with Crippen molar-refractivity contribution in [2.45, 2.75) is 35.5 Å². The highest BCUT2D eigenvalue weighted by atomic mass is 19.4. The molecule has 16 heteroatoms. The number of carbonyl (C=O) groups is 2. The maximum absolute atomic E-state index is 13.9. The predicted molar refractivity (Wildman–Crippen MR) is 93.8 cm³/mol. The molecule has 0 aromatic heterocycles. The number of carbonyl (C=O) groups excluding carboxylic acids is 2. The number of halogens is 12. The van der Waals surface area contributed by atoms with Crippen LogP contribution in [0.4, 0.5) is 52.7 Å². The van der Waals surface area contributed by atoms with Crippen LogP contribution in [0.1, 0.15) is 0 Å². The second-order valence-electron chi connectivity index (χ2n) is 6.85. The van der Waals surface area contributed by atoms with Crippen molar-refractivity contribution in [3.63, 3.8) is 0 Å². The van der Waals surface area contributed by atoms with Crippen LogP contribution in [0.5, 0.6) is 11.5 Å². The molecule has 0 aliphatic rings. The van der Waals surface area contributed by atoms with Gasteiger partial charge in [-0.2, -0.15) is 52.7 Å². The van der Waals surface area contributed by atoms with E-state index < -0.39 is 59.0 Å². The number of hydrogen-bond acceptors (Lipinski definition) is 4. The Balaban J connectivity index is 2.43. The van der Waals surface area contributed by atoms with Crippen molar-refractivity contribution >= 4 is 11.9 Å². The molecule has 198 valence electrons. The van der Waals surface area contributed by atoms with Gasteiger partial charge in [-0.25, -0.2) is 9.59 Å². The first-order valence-corrected chi connectivity index (χ1v) is 9.06. The number of benzene rings is 2. The number of ether oxygens (including phenoxy) is 2. The Bertz CT molecular complexity index is 1000. The van der Waals surface area contributed by atoms with E-state index in [2.05, 4.69) is 9.47 Å². The van der Waals surface area contributed by atoms with E-state index in [1.807, 2.05) is 0 Å². The Morgan fingerprint density at radius 2 is 0.694 bits per heavy atom. The van der Waals surface area contributed by atoms with E-state index in [0.29, 0.717) is 24.3 Å². The number of esters is 2. The molecule has 36 heavy (non-hydrogen) atoms. The highest BCUT2D eigenvalue weighted by Crippen LogP contribution is 2.60. The highest BCUT2D eigenvalue weighted by molar-refractivity contribution is 5.82. The van der Waals surface area contributed by atoms with Gasteiger partial charge in [-0.05, 0) is 24.3 Å². The smallest absolute Gasteiger partial charge is 0.411 e. The normalized spacial score (nSPS) is 13.8. The number of hydrogen-bond donors (Lipinski definition) is 0. The largest absolute Gasteiger partial charge is 0.422 e. The van der Waals surface area contributed by atoms with Gasteiger partial charge in [-0.1, -0.05) is 36.4 Å². The third-order valence-electron chi connectivity index (χ3n) is 4.39. The van der Waals surface area contributed by atoms with Gasteiger partial charge in [0.25, 0.3) is 0 Å². The molecule has 2 aromatic rings. The van der Waals surface area contributed by atoms with Crippen molar-refractivity contribution in [2.24, 2.45) is 0 Å². The van der Waals surface area contributed by atoms with Gasteiger partial charge in [-0.15, -0.1) is 0 Å². The number of alkyl halides is 12. The Kier molecular flexibility index (Phi) is 7.36. The lowest BCUT2D eigenvalue weighted by atomic mass is 9.91. The Labute approximate surface area is 192 Å². The summed E-state index contributed by atoms with van der Waals surface area (Å²) < 4.78 is 174. The zero-order valence-corrected chi connectivity index (χ0v) is 16.9. The summed E-state index contributed by atoms with van der Waals surface area (Å²) >= 11 is 0. The summed E-state index contributed by atoms with van der Waals surface area (Å²) in [5.41, 5.74) is 0. The molecule has 0 aliphatic heterocycles. The summed E-state index contributed by atoms with van der Waals surface area (Å²) in [6.07, 6.45) is 0. The Morgan fingerprint density at radius 3 is 0.944 bits per heavy atom. The third kappa shape index (κ3) is 4.43. The SMILES string of the molecule is O=C(Oc1ccccc1)C(F)(F)C(F)(F)C(F)(F)C(F)(F)C(F)(F)C(F)(F)C(=O)Oc1ccccc1. The topological polar surface area (TPSA) is 52.6 Å². The summed E-state index contributed by atoms with van der Waals surface area (Å²) in [6.45, 7) is 0. The van der Waals surface area contributed by atoms with Gasteiger partial charge < -0.3 is 9.47 Å². The van der Waals surface area contributed by atoms with Crippen molar-refractivity contribution in [1.82, 2.24) is 0 Å². The first kappa shape index (κ1) is 28.8. The molecule has 4 nitrogen and oxygen atoms in total. The van der Waals surface area contributed by atoms with Crippen LogP contribution in [0.2, 0.25) is 0 Å². The minimum atomic E-state index is -8.07. The fourth-order valence-corrected chi connectivity index (χ4v) is 2.36. The quantitative estimate of drug-likeness (QED) is 0.221. The fraction of sp³-hybridized carbons (Fsp3) is 0.300. The molecule has 0 atom stereocenters. The second-order valence-corrected chi connectivity index (χ2v) is 6.85. The minimum Gasteiger partial charge on any atom is -0.422 e. The zero-order valence-electron chi connectivity index (χ0n) is 16.9. The van der Waals surface area contributed by atoms with E-state index in [1.165, 1.54) is 12.1 Å². The predicted octanol–water partition coefficient (Wildman–Crippen LogP) is 6.01. The average molecular weight is 542 g/mol. The van der Waals surface area contributed by atoms with Crippen LogP contribution in [-0.4, -0.2) is 47.5 Å². The molecule has 0 bridgehead atoms. The Morgan fingerprint density at radius 1 is 0.444 bits per heavy atom. The van der Waals surface area contributed by atoms with Crippen LogP contribution in [0.3, 0.4) is 0 Å². The molecule has 0 unspecified atom stereocenters. The van der Waals surface area contributed by atoms with Crippen molar-refractivity contribution in [3.05, 3.63) is 60.7 Å². The lowest BCUT2D eigenvalue weighted by Gasteiger charge is -2.39. The molecule has 2 aromatic carbocycles. The van der Waals surface area contributed by atoms with E-state index in [0.717, 1.165) is 24.3 Å². The standard InChI is InChI=1S/C20H10F12O4/c21-15(22,13(33)35-11-7-3-1-4-8-11)17(25,26)19(29,30)20(31,32)18(27,28)16(23,24)14(34)36-12-9-5-2-6-10-12/h1-10H. The molecule has 0 amide bonds. The summed E-state index contributed by atoms with van der Waals surface area (Å²) in [5.74, 6) is -54.7. The summed E-state index contributed by atoms with van der Waals surface area (Å²) in [6, 6.07) is 8.89. The summed E-state index contributed by atoms with van der Waals surface area (Å²) in [7, 11) is 0. The van der Waals surface area contributed by atoms with Gasteiger partial charge in [0.15, 0.2) is 0 Å². The van der Waals surface area contributed by atoms with Crippen molar-refractivity contribution in [2.75, 3.05) is 0 Å². The van der Waals surface area contributed by atoms with Crippen molar-refractivity contribution in [3.8, 4) is 11.5 Å². The van der Waals surface area contributed by atoms with E-state index >= 15 is 0 Å². The zero-order chi connectivity index (χ0) is 27.8. The molecule has 0 aliphatic carbocycles. The van der Waals surface area contributed by atoms with Crippen LogP contribution in [0, 0.1) is 0 Å². The first-order chi connectivity index (χ1) is 16.2. The van der Waals surface area contributed by atoms with Crippen LogP contribution in [0.25, 0.3) is 0 Å². The molecule has 0 saturated heterocycles. The van der Waals surface area contributed by atoms with E-state index in [-0.39, 0.29) is 0 Å². The molecule has 0 saturated carbocycles. The molecular formula is C20H10F12O4. The molecule has 0 radical (unpaired) electrons. The van der Waals surface area contributed by atoms with Gasteiger partial charge in [-0.3, -0.25) is 0 Å². The first-order valence-electron chi connectivity index (χ1n) is 9.06. The van der Waals surface area contributed by atoms with Gasteiger partial charge in [0.2, 0.25) is 0 Å². The van der Waals surface area contributed by atoms with E-state index in [1.54, 1.807) is 0 Å². The van der Waals surface area contributed by atoms with Gasteiger partial charge >= 0.3 is 47.5 Å². The monoisotopic (exact) mass is 542 g/mol. The fourth-order valence-electron chi connectivity index (χ4n) is 2.36. The number of para-hydroxylation sites is 2. The van der Waals surface area contributed by atoms with Crippen molar-refractivity contribution < 1.29 is 71.7 Å². The molecule has 0 heterocycles. The lowest BCUT2D eigenvalue weighted by Crippen LogP contribution is -2.73. The van der Waals surface area contributed by atoms with Crippen molar-refractivity contribution in [1.29, 1.82) is 0 Å². The van der Waals surface area contributed by atoms with Crippen LogP contribution < -0.4 is 9.47 Å². The Hall–Kier alpha value is -3.46. The highest BCUT2D eigenvalue weighted by Gasteiger charge is 2.92. The number of rotatable bonds is 9. The molecule has 0 N–H and O–H groups in total. The maximum Gasteiger partial charge on any atom is 0.411 e. The maximum atomic E-state index is 13.9. The molecule has 2 rings (SSSR count). The van der Waals surface area contributed by atoms with Gasteiger partial charge in [0, 0.05) is 0 Å². The molecule has 0 spiro atoms. The van der Waals surface area contributed by atoms with E-state index in [4.69, 9.17) is 0 Å². The lowest BCUT2D eigenvalue weighted by molar-refractivity contribution is -0.416. The van der Waals surface area contributed by atoms with E-state index in [9.17, 15) is 62.3 Å². The second kappa shape index (κ2) is 9.20. The molecular weight excluding hydrogens is 532 g/mol. The molecule has 0 fully saturated rings. The minimum absolute atomic E-state index is 0.659. The third-order valence-corrected chi connectivity index (χ3v) is 4.39. The summed E-state index contributed by atoms with van der Waals surface area (Å²) in [5, 5.41) is 0. The van der Waals surface area contributed by atoms with Crippen LogP contribution >= 0.6 is 0 Å². The average Bonchev–Trinajstić information content (AvgIpc) is 2.79.